The molecule has 1 amide bonds. The Balaban J connectivity index is 1.84. The topological polar surface area (TPSA) is 35.9 Å². The van der Waals surface area contributed by atoms with Crippen LogP contribution in [-0.2, 0) is 11.3 Å². The smallest absolute Gasteiger partial charge is 0.271 e. The van der Waals surface area contributed by atoms with Gasteiger partial charge in [0.2, 0.25) is 0 Å². The lowest BCUT2D eigenvalue weighted by atomic mass is 9.91. The third-order valence-corrected chi connectivity index (χ3v) is 6.25. The van der Waals surface area contributed by atoms with E-state index in [4.69, 9.17) is 4.99 Å². The molecule has 2 aromatic carbocycles. The molecule has 0 radical (unpaired) electrons. The molecular weight excluding hydrogens is 438 g/mol. The van der Waals surface area contributed by atoms with Crippen LogP contribution in [-0.4, -0.2) is 41.6 Å². The van der Waals surface area contributed by atoms with Gasteiger partial charge in [0.05, 0.1) is 12.6 Å². The van der Waals surface area contributed by atoms with Crippen molar-refractivity contribution in [1.82, 2.24) is 9.80 Å². The van der Waals surface area contributed by atoms with Gasteiger partial charge in [0, 0.05) is 35.9 Å². The van der Waals surface area contributed by atoms with E-state index in [0.29, 0.717) is 12.5 Å². The van der Waals surface area contributed by atoms with Gasteiger partial charge in [0.1, 0.15) is 5.70 Å². The fraction of sp³-hybridized carbons (Fsp3) is 0.360. The Hall–Kier alpha value is -2.40. The Kier molecular flexibility index (Phi) is 6.09. The molecule has 2 heterocycles. The normalized spacial score (nSPS) is 19.3. The van der Waals surface area contributed by atoms with Crippen molar-refractivity contribution in [2.45, 2.75) is 32.9 Å². The molecule has 1 unspecified atom stereocenters. The summed E-state index contributed by atoms with van der Waals surface area (Å²) in [5.41, 5.74) is 5.25. The first-order valence-corrected chi connectivity index (χ1v) is 11.3. The van der Waals surface area contributed by atoms with E-state index in [0.717, 1.165) is 52.1 Å². The lowest BCUT2D eigenvalue weighted by Gasteiger charge is -2.29. The van der Waals surface area contributed by atoms with Gasteiger partial charge >= 0.3 is 0 Å². The van der Waals surface area contributed by atoms with E-state index in [9.17, 15) is 4.79 Å². The van der Waals surface area contributed by atoms with Gasteiger partial charge < -0.3 is 9.80 Å². The SMILES string of the molecule is CC(C)CC1=NCCN(C)C2=C1C(c1ccc(Br)cc1)N(Cc1ccccc1)C2=O. The van der Waals surface area contributed by atoms with Crippen LogP contribution in [0.5, 0.6) is 0 Å². The van der Waals surface area contributed by atoms with Crippen LogP contribution in [0.3, 0.4) is 0 Å². The van der Waals surface area contributed by atoms with Gasteiger partial charge in [0.25, 0.3) is 5.91 Å². The maximum absolute atomic E-state index is 13.8. The van der Waals surface area contributed by atoms with E-state index in [1.807, 2.05) is 30.1 Å². The van der Waals surface area contributed by atoms with Gasteiger partial charge in [-0.25, -0.2) is 0 Å². The van der Waals surface area contributed by atoms with E-state index in [1.165, 1.54) is 0 Å². The first-order chi connectivity index (χ1) is 14.5. The molecule has 4 nitrogen and oxygen atoms in total. The molecule has 2 aromatic rings. The largest absolute Gasteiger partial charge is 0.368 e. The van der Waals surface area contributed by atoms with Gasteiger partial charge in [-0.2, -0.15) is 0 Å². The van der Waals surface area contributed by atoms with Gasteiger partial charge in [-0.05, 0) is 35.6 Å². The molecule has 0 spiro atoms. The third-order valence-electron chi connectivity index (χ3n) is 5.72. The van der Waals surface area contributed by atoms with Crippen LogP contribution in [0.1, 0.15) is 37.4 Å². The molecule has 2 aliphatic rings. The van der Waals surface area contributed by atoms with Crippen LogP contribution in [0.15, 0.2) is 75.3 Å². The number of rotatable bonds is 5. The predicted octanol–water partition coefficient (Wildman–Crippen LogP) is 5.22. The van der Waals surface area contributed by atoms with Crippen molar-refractivity contribution in [3.8, 4) is 0 Å². The maximum Gasteiger partial charge on any atom is 0.271 e. The Morgan fingerprint density at radius 1 is 1.10 bits per heavy atom. The Labute approximate surface area is 187 Å². The zero-order valence-corrected chi connectivity index (χ0v) is 19.4. The minimum absolute atomic E-state index is 0.0997. The first-order valence-electron chi connectivity index (χ1n) is 10.5. The van der Waals surface area contributed by atoms with E-state index in [2.05, 4.69) is 71.1 Å². The fourth-order valence-electron chi connectivity index (χ4n) is 4.35. The van der Waals surface area contributed by atoms with Crippen molar-refractivity contribution in [2.75, 3.05) is 20.1 Å². The number of amides is 1. The number of benzene rings is 2. The van der Waals surface area contributed by atoms with Crippen LogP contribution < -0.4 is 0 Å². The zero-order chi connectivity index (χ0) is 21.3. The number of halogens is 1. The van der Waals surface area contributed by atoms with E-state index in [1.54, 1.807) is 0 Å². The molecule has 156 valence electrons. The average Bonchev–Trinajstić information content (AvgIpc) is 2.90. The summed E-state index contributed by atoms with van der Waals surface area (Å²) in [6, 6.07) is 18.5. The van der Waals surface area contributed by atoms with Crippen LogP contribution in [0.2, 0.25) is 0 Å². The highest BCUT2D eigenvalue weighted by atomic mass is 79.9. The number of carbonyl (C=O) groups excluding carboxylic acids is 1. The fourth-order valence-corrected chi connectivity index (χ4v) is 4.61. The van der Waals surface area contributed by atoms with Gasteiger partial charge in [0.15, 0.2) is 0 Å². The second kappa shape index (κ2) is 8.76. The Morgan fingerprint density at radius 3 is 2.47 bits per heavy atom. The van der Waals surface area contributed by atoms with Crippen molar-refractivity contribution < 1.29 is 4.79 Å². The molecule has 5 heteroatoms. The second-order valence-corrected chi connectivity index (χ2v) is 9.40. The maximum atomic E-state index is 13.8. The average molecular weight is 466 g/mol. The van der Waals surface area contributed by atoms with Crippen molar-refractivity contribution in [3.05, 3.63) is 81.5 Å². The molecule has 0 fully saturated rings. The summed E-state index contributed by atoms with van der Waals surface area (Å²) in [5, 5.41) is 0. The summed E-state index contributed by atoms with van der Waals surface area (Å²) in [4.78, 5) is 22.8. The van der Waals surface area contributed by atoms with Crippen molar-refractivity contribution in [3.63, 3.8) is 0 Å². The van der Waals surface area contributed by atoms with Gasteiger partial charge in [-0.1, -0.05) is 72.2 Å². The molecule has 0 saturated heterocycles. The standard InChI is InChI=1S/C25H28BrN3O/c1-17(2)15-21-22-23(19-9-11-20(26)12-10-19)29(16-18-7-5-4-6-8-18)25(30)24(22)28(3)14-13-27-21/h4-12,17,23H,13-16H2,1-3H3. The molecular formula is C25H28BrN3O. The molecule has 0 aromatic heterocycles. The molecule has 4 rings (SSSR count). The predicted molar refractivity (Wildman–Crippen MR) is 125 cm³/mol. The molecule has 0 aliphatic carbocycles. The molecule has 0 saturated carbocycles. The lowest BCUT2D eigenvalue weighted by Crippen LogP contribution is -2.34. The highest BCUT2D eigenvalue weighted by molar-refractivity contribution is 9.10. The summed E-state index contributed by atoms with van der Waals surface area (Å²) in [5.74, 6) is 0.576. The molecule has 2 aliphatic heterocycles. The third kappa shape index (κ3) is 4.08. The van der Waals surface area contributed by atoms with Crippen molar-refractivity contribution in [1.29, 1.82) is 0 Å². The highest BCUT2D eigenvalue weighted by Crippen LogP contribution is 2.42. The summed E-state index contributed by atoms with van der Waals surface area (Å²) in [7, 11) is 2.02. The molecule has 30 heavy (non-hydrogen) atoms. The van der Waals surface area contributed by atoms with Crippen LogP contribution in [0.4, 0.5) is 0 Å². The molecule has 0 N–H and O–H groups in total. The quantitative estimate of drug-likeness (QED) is 0.606. The second-order valence-electron chi connectivity index (χ2n) is 8.48. The van der Waals surface area contributed by atoms with Crippen molar-refractivity contribution in [2.24, 2.45) is 10.9 Å². The number of aliphatic imine (C=N–C) groups is 1. The van der Waals surface area contributed by atoms with Crippen LogP contribution in [0.25, 0.3) is 0 Å². The van der Waals surface area contributed by atoms with Crippen LogP contribution >= 0.6 is 15.9 Å². The highest BCUT2D eigenvalue weighted by Gasteiger charge is 2.44. The number of nitrogens with zero attached hydrogens (tertiary/aromatic N) is 3. The van der Waals surface area contributed by atoms with E-state index < -0.39 is 0 Å². The molecule has 0 bridgehead atoms. The summed E-state index contributed by atoms with van der Waals surface area (Å²) in [6.07, 6.45) is 0.881. The van der Waals surface area contributed by atoms with E-state index in [-0.39, 0.29) is 11.9 Å². The van der Waals surface area contributed by atoms with E-state index >= 15 is 0 Å². The first kappa shape index (κ1) is 20.9. The monoisotopic (exact) mass is 465 g/mol. The van der Waals surface area contributed by atoms with Crippen molar-refractivity contribution >= 4 is 27.5 Å². The van der Waals surface area contributed by atoms with Crippen LogP contribution in [0, 0.1) is 5.92 Å². The number of hydrogen-bond donors (Lipinski definition) is 0. The summed E-state index contributed by atoms with van der Waals surface area (Å²) in [6.45, 7) is 6.49. The van der Waals surface area contributed by atoms with Gasteiger partial charge in [-0.3, -0.25) is 9.79 Å². The number of hydrogen-bond acceptors (Lipinski definition) is 3. The number of carbonyl (C=O) groups is 1. The molecule has 1 atom stereocenters. The van der Waals surface area contributed by atoms with Gasteiger partial charge in [-0.15, -0.1) is 0 Å². The summed E-state index contributed by atoms with van der Waals surface area (Å²) < 4.78 is 1.04. The number of likely N-dealkylation sites (N-methyl/N-ethyl adjacent to an activating group) is 1. The Bertz CT molecular complexity index is 979. The summed E-state index contributed by atoms with van der Waals surface area (Å²) >= 11 is 3.55. The minimum atomic E-state index is -0.126. The zero-order valence-electron chi connectivity index (χ0n) is 17.8. The lowest BCUT2D eigenvalue weighted by molar-refractivity contribution is -0.129. The Morgan fingerprint density at radius 2 is 1.80 bits per heavy atom. The minimum Gasteiger partial charge on any atom is -0.368 e.